The first-order valence-corrected chi connectivity index (χ1v) is 6.71. The second-order valence-corrected chi connectivity index (χ2v) is 6.48. The molecule has 1 aliphatic carbocycles. The van der Waals surface area contributed by atoms with Crippen molar-refractivity contribution in [2.45, 2.75) is 70.2 Å². The van der Waals surface area contributed by atoms with Crippen molar-refractivity contribution in [2.24, 2.45) is 0 Å². The number of rotatable bonds is 2. The molecule has 18 heavy (non-hydrogen) atoms. The predicted octanol–water partition coefficient (Wildman–Crippen LogP) is 2.35. The van der Waals surface area contributed by atoms with Crippen molar-refractivity contribution in [1.29, 1.82) is 0 Å². The third-order valence-electron chi connectivity index (χ3n) is 3.72. The molecule has 0 aromatic carbocycles. The summed E-state index contributed by atoms with van der Waals surface area (Å²) in [6.07, 6.45) is 6.93. The van der Waals surface area contributed by atoms with Crippen LogP contribution in [0.4, 0.5) is 4.79 Å². The van der Waals surface area contributed by atoms with Gasteiger partial charge < -0.3 is 15.4 Å². The lowest BCUT2D eigenvalue weighted by molar-refractivity contribution is -0.0690. The first-order valence-electron chi connectivity index (χ1n) is 6.71. The number of carbonyl (C=O) groups excluding carboxylic acids is 1. The largest absolute Gasteiger partial charge is 0.367 e. The molecule has 1 fully saturated rings. The van der Waals surface area contributed by atoms with Gasteiger partial charge in [0.1, 0.15) is 0 Å². The lowest BCUT2D eigenvalue weighted by atomic mass is 9.95. The third kappa shape index (κ3) is 3.05. The SMILES string of the molecule is CC1(C)CC(NC(=O)NC2CC=CC2)C(C)(C)O1. The van der Waals surface area contributed by atoms with Crippen LogP contribution in [-0.2, 0) is 4.74 Å². The molecule has 102 valence electrons. The molecule has 2 N–H and O–H groups in total. The van der Waals surface area contributed by atoms with E-state index in [4.69, 9.17) is 4.74 Å². The van der Waals surface area contributed by atoms with Gasteiger partial charge in [0.25, 0.3) is 0 Å². The fourth-order valence-electron chi connectivity index (χ4n) is 2.91. The average molecular weight is 252 g/mol. The Kier molecular flexibility index (Phi) is 3.41. The summed E-state index contributed by atoms with van der Waals surface area (Å²) < 4.78 is 5.96. The highest BCUT2D eigenvalue weighted by Crippen LogP contribution is 2.37. The number of nitrogens with one attached hydrogen (secondary N) is 2. The molecule has 0 radical (unpaired) electrons. The van der Waals surface area contributed by atoms with Crippen LogP contribution in [-0.4, -0.2) is 29.3 Å². The molecule has 1 heterocycles. The van der Waals surface area contributed by atoms with Crippen LogP contribution in [0.15, 0.2) is 12.2 Å². The maximum atomic E-state index is 11.9. The summed E-state index contributed by atoms with van der Waals surface area (Å²) in [7, 11) is 0. The molecule has 0 bridgehead atoms. The molecule has 1 unspecified atom stereocenters. The van der Waals surface area contributed by atoms with Crippen molar-refractivity contribution < 1.29 is 9.53 Å². The van der Waals surface area contributed by atoms with Crippen molar-refractivity contribution in [3.63, 3.8) is 0 Å². The van der Waals surface area contributed by atoms with E-state index >= 15 is 0 Å². The number of hydrogen-bond acceptors (Lipinski definition) is 2. The molecule has 0 saturated carbocycles. The van der Waals surface area contributed by atoms with Crippen LogP contribution in [0.1, 0.15) is 47.0 Å². The van der Waals surface area contributed by atoms with E-state index in [9.17, 15) is 4.79 Å². The summed E-state index contributed by atoms with van der Waals surface area (Å²) in [6.45, 7) is 8.19. The van der Waals surface area contributed by atoms with Gasteiger partial charge >= 0.3 is 6.03 Å². The van der Waals surface area contributed by atoms with Crippen molar-refractivity contribution in [3.05, 3.63) is 12.2 Å². The maximum absolute atomic E-state index is 11.9. The van der Waals surface area contributed by atoms with Crippen molar-refractivity contribution >= 4 is 6.03 Å². The molecule has 1 aliphatic heterocycles. The Balaban J connectivity index is 1.87. The van der Waals surface area contributed by atoms with E-state index in [0.717, 1.165) is 19.3 Å². The number of amides is 2. The molecule has 0 spiro atoms. The fraction of sp³-hybridized carbons (Fsp3) is 0.786. The van der Waals surface area contributed by atoms with Crippen LogP contribution in [0.25, 0.3) is 0 Å². The zero-order valence-electron chi connectivity index (χ0n) is 11.7. The summed E-state index contributed by atoms with van der Waals surface area (Å²) in [5.41, 5.74) is -0.481. The van der Waals surface area contributed by atoms with E-state index in [0.29, 0.717) is 0 Å². The molecular weight excluding hydrogens is 228 g/mol. The fourth-order valence-corrected chi connectivity index (χ4v) is 2.91. The average Bonchev–Trinajstić information content (AvgIpc) is 2.72. The highest BCUT2D eigenvalue weighted by molar-refractivity contribution is 5.75. The summed E-state index contributed by atoms with van der Waals surface area (Å²) in [6, 6.07) is 0.230. The van der Waals surface area contributed by atoms with Gasteiger partial charge in [-0.25, -0.2) is 4.79 Å². The summed E-state index contributed by atoms with van der Waals surface area (Å²) >= 11 is 0. The number of hydrogen-bond donors (Lipinski definition) is 2. The summed E-state index contributed by atoms with van der Waals surface area (Å²) in [5.74, 6) is 0. The zero-order chi connectivity index (χ0) is 13.4. The lowest BCUT2D eigenvalue weighted by Crippen LogP contribution is -2.51. The van der Waals surface area contributed by atoms with Crippen LogP contribution >= 0.6 is 0 Å². The Hall–Kier alpha value is -1.03. The Labute approximate surface area is 109 Å². The summed E-state index contributed by atoms with van der Waals surface area (Å²) in [5, 5.41) is 6.05. The molecule has 2 rings (SSSR count). The van der Waals surface area contributed by atoms with E-state index in [-0.39, 0.29) is 29.3 Å². The highest BCUT2D eigenvalue weighted by Gasteiger charge is 2.46. The van der Waals surface area contributed by atoms with Gasteiger partial charge in [0.15, 0.2) is 0 Å². The Morgan fingerprint density at radius 3 is 2.28 bits per heavy atom. The number of carbonyl (C=O) groups is 1. The van der Waals surface area contributed by atoms with Crippen molar-refractivity contribution in [1.82, 2.24) is 10.6 Å². The van der Waals surface area contributed by atoms with E-state index in [2.05, 4.69) is 36.6 Å². The van der Waals surface area contributed by atoms with Gasteiger partial charge in [-0.3, -0.25) is 0 Å². The van der Waals surface area contributed by atoms with Crippen LogP contribution < -0.4 is 10.6 Å². The van der Waals surface area contributed by atoms with E-state index in [1.807, 2.05) is 13.8 Å². The second-order valence-electron chi connectivity index (χ2n) is 6.48. The minimum atomic E-state index is -0.311. The standard InChI is InChI=1S/C14H24N2O2/c1-13(2)9-11(14(3,4)18-13)16-12(17)15-10-7-5-6-8-10/h5-6,10-11H,7-9H2,1-4H3,(H2,15,16,17). The van der Waals surface area contributed by atoms with Crippen LogP contribution in [0.2, 0.25) is 0 Å². The third-order valence-corrected chi connectivity index (χ3v) is 3.72. The quantitative estimate of drug-likeness (QED) is 0.741. The molecular formula is C14H24N2O2. The molecule has 4 heteroatoms. The molecule has 4 nitrogen and oxygen atoms in total. The van der Waals surface area contributed by atoms with E-state index in [1.54, 1.807) is 0 Å². The van der Waals surface area contributed by atoms with Gasteiger partial charge in [0.2, 0.25) is 0 Å². The van der Waals surface area contributed by atoms with Crippen molar-refractivity contribution in [2.75, 3.05) is 0 Å². The minimum absolute atomic E-state index is 0.0573. The first kappa shape index (κ1) is 13.4. The Morgan fingerprint density at radius 1 is 1.17 bits per heavy atom. The molecule has 0 aromatic heterocycles. The molecule has 2 amide bonds. The van der Waals surface area contributed by atoms with Gasteiger partial charge in [0, 0.05) is 6.04 Å². The Bertz CT molecular complexity index is 353. The smallest absolute Gasteiger partial charge is 0.315 e. The normalized spacial score (nSPS) is 29.4. The van der Waals surface area contributed by atoms with Gasteiger partial charge in [-0.1, -0.05) is 12.2 Å². The lowest BCUT2D eigenvalue weighted by Gasteiger charge is -2.28. The second kappa shape index (κ2) is 4.57. The topological polar surface area (TPSA) is 50.4 Å². The molecule has 1 atom stereocenters. The molecule has 1 saturated heterocycles. The van der Waals surface area contributed by atoms with E-state index < -0.39 is 0 Å². The van der Waals surface area contributed by atoms with E-state index in [1.165, 1.54) is 0 Å². The van der Waals surface area contributed by atoms with Gasteiger partial charge in [-0.05, 0) is 47.0 Å². The highest BCUT2D eigenvalue weighted by atomic mass is 16.5. The summed E-state index contributed by atoms with van der Waals surface area (Å²) in [4.78, 5) is 11.9. The first-order chi connectivity index (χ1) is 8.28. The van der Waals surface area contributed by atoms with Crippen LogP contribution in [0.5, 0.6) is 0 Å². The Morgan fingerprint density at radius 2 is 1.78 bits per heavy atom. The van der Waals surface area contributed by atoms with Crippen molar-refractivity contribution in [3.8, 4) is 0 Å². The van der Waals surface area contributed by atoms with Crippen LogP contribution in [0, 0.1) is 0 Å². The van der Waals surface area contributed by atoms with Gasteiger partial charge in [0.05, 0.1) is 17.2 Å². The number of urea groups is 1. The molecule has 0 aromatic rings. The zero-order valence-corrected chi connectivity index (χ0v) is 11.7. The number of ether oxygens (including phenoxy) is 1. The van der Waals surface area contributed by atoms with Gasteiger partial charge in [-0.2, -0.15) is 0 Å². The minimum Gasteiger partial charge on any atom is -0.367 e. The van der Waals surface area contributed by atoms with Gasteiger partial charge in [-0.15, -0.1) is 0 Å². The predicted molar refractivity (Wildman–Crippen MR) is 71.5 cm³/mol. The maximum Gasteiger partial charge on any atom is 0.315 e. The monoisotopic (exact) mass is 252 g/mol. The molecule has 2 aliphatic rings. The van der Waals surface area contributed by atoms with Crippen LogP contribution in [0.3, 0.4) is 0 Å².